The van der Waals surface area contributed by atoms with E-state index in [4.69, 9.17) is 4.74 Å². The molecule has 4 rings (SSSR count). The average molecular weight is 475 g/mol. The number of hydrogen-bond acceptors (Lipinski definition) is 4. The Bertz CT molecular complexity index is 1190. The van der Waals surface area contributed by atoms with Crippen LogP contribution in [0.1, 0.15) is 51.3 Å². The second-order valence-corrected chi connectivity index (χ2v) is 9.40. The van der Waals surface area contributed by atoms with Gasteiger partial charge in [0, 0.05) is 30.1 Å². The van der Waals surface area contributed by atoms with Crippen molar-refractivity contribution < 1.29 is 14.3 Å². The van der Waals surface area contributed by atoms with Gasteiger partial charge in [0.2, 0.25) is 5.91 Å². The van der Waals surface area contributed by atoms with Crippen molar-refractivity contribution in [2.75, 3.05) is 25.0 Å². The summed E-state index contributed by atoms with van der Waals surface area (Å²) in [6.45, 7) is 9.71. The number of rotatable bonds is 8. The van der Waals surface area contributed by atoms with Gasteiger partial charge in [-0.15, -0.1) is 0 Å². The number of aryl methyl sites for hydroxylation is 3. The Hall–Kier alpha value is -3.45. The smallest absolute Gasteiger partial charge is 0.254 e. The summed E-state index contributed by atoms with van der Waals surface area (Å²) >= 11 is 0. The van der Waals surface area contributed by atoms with Crippen LogP contribution in [0.15, 0.2) is 48.5 Å². The molecule has 7 heteroatoms. The van der Waals surface area contributed by atoms with Crippen molar-refractivity contribution in [3.63, 3.8) is 0 Å². The molecule has 1 aromatic heterocycles. The van der Waals surface area contributed by atoms with Crippen LogP contribution >= 0.6 is 0 Å². The lowest BCUT2D eigenvalue weighted by Crippen LogP contribution is -2.42. The predicted octanol–water partition coefficient (Wildman–Crippen LogP) is 4.42. The maximum atomic E-state index is 13.4. The first kappa shape index (κ1) is 24.7. The van der Waals surface area contributed by atoms with Crippen LogP contribution in [0.4, 0.5) is 5.69 Å². The number of nitrogens with one attached hydrogen (secondary N) is 1. The summed E-state index contributed by atoms with van der Waals surface area (Å²) in [5, 5.41) is 7.48. The van der Waals surface area contributed by atoms with E-state index in [1.54, 1.807) is 4.90 Å². The highest BCUT2D eigenvalue weighted by Gasteiger charge is 2.25. The summed E-state index contributed by atoms with van der Waals surface area (Å²) in [5.41, 5.74) is 6.60. The van der Waals surface area contributed by atoms with Crippen LogP contribution < -0.4 is 5.32 Å². The standard InChI is InChI=1S/C28H34N4O3/c1-19-7-5-9-26(22(19)4)29-27(33)18-31(17-25-8-6-14-35-25)28(34)24-12-10-23(11-13-24)16-32-21(3)15-20(2)30-32/h5,7,9-13,15,25H,6,8,14,16-18H2,1-4H3,(H,29,33). The maximum Gasteiger partial charge on any atom is 0.254 e. The van der Waals surface area contributed by atoms with Gasteiger partial charge in [-0.3, -0.25) is 14.3 Å². The van der Waals surface area contributed by atoms with Crippen molar-refractivity contribution in [3.8, 4) is 0 Å². The van der Waals surface area contributed by atoms with Gasteiger partial charge in [0.1, 0.15) is 6.54 Å². The van der Waals surface area contributed by atoms with E-state index in [1.165, 1.54) is 0 Å². The lowest BCUT2D eigenvalue weighted by Gasteiger charge is -2.25. The van der Waals surface area contributed by atoms with Crippen LogP contribution in [0.2, 0.25) is 0 Å². The Morgan fingerprint density at radius 1 is 1.11 bits per heavy atom. The van der Waals surface area contributed by atoms with Gasteiger partial charge in [-0.1, -0.05) is 24.3 Å². The highest BCUT2D eigenvalue weighted by Crippen LogP contribution is 2.19. The molecule has 1 fully saturated rings. The van der Waals surface area contributed by atoms with Crippen molar-refractivity contribution in [1.29, 1.82) is 0 Å². The van der Waals surface area contributed by atoms with Gasteiger partial charge in [0.15, 0.2) is 0 Å². The summed E-state index contributed by atoms with van der Waals surface area (Å²) in [4.78, 5) is 28.0. The molecule has 1 aliphatic heterocycles. The Morgan fingerprint density at radius 3 is 2.54 bits per heavy atom. The topological polar surface area (TPSA) is 76.5 Å². The summed E-state index contributed by atoms with van der Waals surface area (Å²) in [7, 11) is 0. The van der Waals surface area contributed by atoms with E-state index in [9.17, 15) is 9.59 Å². The van der Waals surface area contributed by atoms with Crippen LogP contribution in [0, 0.1) is 27.7 Å². The van der Waals surface area contributed by atoms with Crippen LogP contribution in [0.3, 0.4) is 0 Å². The van der Waals surface area contributed by atoms with Crippen LogP contribution in [-0.2, 0) is 16.1 Å². The Kier molecular flexibility index (Phi) is 7.66. The normalized spacial score (nSPS) is 15.3. The molecule has 0 radical (unpaired) electrons. The SMILES string of the molecule is Cc1cc(C)n(Cc2ccc(C(=O)N(CC(=O)Nc3cccc(C)c3C)CC3CCCO3)cc2)n1. The minimum absolute atomic E-state index is 0.0282. The van der Waals surface area contributed by atoms with E-state index in [-0.39, 0.29) is 24.5 Å². The zero-order chi connectivity index (χ0) is 24.9. The monoisotopic (exact) mass is 474 g/mol. The first-order chi connectivity index (χ1) is 16.8. The number of amides is 2. The molecule has 1 N–H and O–H groups in total. The fraction of sp³-hybridized carbons (Fsp3) is 0.393. The quantitative estimate of drug-likeness (QED) is 0.524. The molecule has 1 atom stereocenters. The third-order valence-electron chi connectivity index (χ3n) is 6.58. The summed E-state index contributed by atoms with van der Waals surface area (Å²) in [6, 6.07) is 15.4. The van der Waals surface area contributed by atoms with Crippen molar-refractivity contribution in [2.45, 2.75) is 53.2 Å². The molecule has 184 valence electrons. The van der Waals surface area contributed by atoms with Crippen molar-refractivity contribution >= 4 is 17.5 Å². The minimum Gasteiger partial charge on any atom is -0.376 e. The number of ether oxygens (including phenoxy) is 1. The molecule has 2 amide bonds. The molecule has 0 aliphatic carbocycles. The molecular weight excluding hydrogens is 440 g/mol. The Labute approximate surface area is 207 Å². The summed E-state index contributed by atoms with van der Waals surface area (Å²) < 4.78 is 7.72. The third kappa shape index (κ3) is 6.17. The molecular formula is C28H34N4O3. The number of anilines is 1. The van der Waals surface area contributed by atoms with Crippen molar-refractivity contribution in [1.82, 2.24) is 14.7 Å². The van der Waals surface area contributed by atoms with Crippen LogP contribution in [0.5, 0.6) is 0 Å². The Balaban J connectivity index is 1.47. The predicted molar refractivity (Wildman–Crippen MR) is 137 cm³/mol. The average Bonchev–Trinajstić information content (AvgIpc) is 3.45. The molecule has 0 saturated carbocycles. The molecule has 35 heavy (non-hydrogen) atoms. The van der Waals surface area contributed by atoms with E-state index < -0.39 is 0 Å². The largest absolute Gasteiger partial charge is 0.376 e. The fourth-order valence-corrected chi connectivity index (χ4v) is 4.45. The van der Waals surface area contributed by atoms with Gasteiger partial charge in [0.05, 0.1) is 18.3 Å². The Morgan fingerprint density at radius 2 is 1.89 bits per heavy atom. The first-order valence-electron chi connectivity index (χ1n) is 12.2. The van der Waals surface area contributed by atoms with Gasteiger partial charge >= 0.3 is 0 Å². The van der Waals surface area contributed by atoms with E-state index >= 15 is 0 Å². The van der Waals surface area contributed by atoms with Crippen LogP contribution in [-0.4, -0.2) is 52.3 Å². The molecule has 0 bridgehead atoms. The molecule has 3 aromatic rings. The maximum absolute atomic E-state index is 13.4. The lowest BCUT2D eigenvalue weighted by atomic mass is 10.1. The molecule has 1 unspecified atom stereocenters. The van der Waals surface area contributed by atoms with E-state index in [1.807, 2.05) is 80.9 Å². The summed E-state index contributed by atoms with van der Waals surface area (Å²) in [5.74, 6) is -0.388. The molecule has 0 spiro atoms. The van der Waals surface area contributed by atoms with Gasteiger partial charge in [-0.2, -0.15) is 5.10 Å². The zero-order valence-corrected chi connectivity index (χ0v) is 21.0. The number of carbonyl (C=O) groups is 2. The zero-order valence-electron chi connectivity index (χ0n) is 21.0. The number of hydrogen-bond donors (Lipinski definition) is 1. The van der Waals surface area contributed by atoms with Gasteiger partial charge in [0.25, 0.3) is 5.91 Å². The van der Waals surface area contributed by atoms with Gasteiger partial charge < -0.3 is 15.0 Å². The molecule has 2 aromatic carbocycles. The number of carbonyl (C=O) groups excluding carboxylic acids is 2. The molecule has 7 nitrogen and oxygen atoms in total. The molecule has 1 saturated heterocycles. The third-order valence-corrected chi connectivity index (χ3v) is 6.58. The first-order valence-corrected chi connectivity index (χ1v) is 12.2. The lowest BCUT2D eigenvalue weighted by molar-refractivity contribution is -0.117. The van der Waals surface area contributed by atoms with E-state index in [0.717, 1.165) is 46.6 Å². The highest BCUT2D eigenvalue weighted by atomic mass is 16.5. The number of benzene rings is 2. The fourth-order valence-electron chi connectivity index (χ4n) is 4.45. The van der Waals surface area contributed by atoms with Gasteiger partial charge in [-0.25, -0.2) is 0 Å². The van der Waals surface area contributed by atoms with Crippen LogP contribution in [0.25, 0.3) is 0 Å². The van der Waals surface area contributed by atoms with Crippen molar-refractivity contribution in [3.05, 3.63) is 82.2 Å². The van der Waals surface area contributed by atoms with Gasteiger partial charge in [-0.05, 0) is 81.5 Å². The number of aromatic nitrogens is 2. The summed E-state index contributed by atoms with van der Waals surface area (Å²) in [6.07, 6.45) is 1.82. The van der Waals surface area contributed by atoms with E-state index in [2.05, 4.69) is 10.4 Å². The number of nitrogens with zero attached hydrogens (tertiary/aromatic N) is 3. The highest BCUT2D eigenvalue weighted by molar-refractivity contribution is 5.99. The molecule has 1 aliphatic rings. The minimum atomic E-state index is -0.216. The van der Waals surface area contributed by atoms with E-state index in [0.29, 0.717) is 25.3 Å². The second kappa shape index (κ2) is 10.9. The second-order valence-electron chi connectivity index (χ2n) is 9.40. The van der Waals surface area contributed by atoms with Crippen molar-refractivity contribution in [2.24, 2.45) is 0 Å². The molecule has 2 heterocycles.